The van der Waals surface area contributed by atoms with Gasteiger partial charge in [-0.25, -0.2) is 13.6 Å². The van der Waals surface area contributed by atoms with Crippen molar-refractivity contribution >= 4 is 30.0 Å². The first-order valence-corrected chi connectivity index (χ1v) is 8.73. The van der Waals surface area contributed by atoms with Crippen LogP contribution in [0.3, 0.4) is 0 Å². The van der Waals surface area contributed by atoms with Gasteiger partial charge in [0.25, 0.3) is 5.92 Å². The zero-order valence-electron chi connectivity index (χ0n) is 15.0. The molecule has 0 spiro atoms. The lowest BCUT2D eigenvalue weighted by Crippen LogP contribution is -2.48. The largest absolute Gasteiger partial charge is 0.465 e. The van der Waals surface area contributed by atoms with Gasteiger partial charge in [-0.05, 0) is 31.0 Å². The number of amides is 1. The van der Waals surface area contributed by atoms with Gasteiger partial charge in [-0.1, -0.05) is 6.07 Å². The smallest absolute Gasteiger partial charge is 0.337 e. The second-order valence-electron chi connectivity index (χ2n) is 6.81. The van der Waals surface area contributed by atoms with Crippen molar-refractivity contribution in [3.8, 4) is 0 Å². The molecule has 2 N–H and O–H groups in total. The molecule has 0 saturated carbocycles. The van der Waals surface area contributed by atoms with E-state index in [-0.39, 0.29) is 24.4 Å². The number of esters is 1. The molecule has 1 aromatic carbocycles. The summed E-state index contributed by atoms with van der Waals surface area (Å²) >= 11 is 0. The van der Waals surface area contributed by atoms with Crippen LogP contribution in [0.25, 0.3) is 0 Å². The lowest BCUT2D eigenvalue weighted by molar-refractivity contribution is -0.134. The van der Waals surface area contributed by atoms with E-state index in [2.05, 4.69) is 10.6 Å². The van der Waals surface area contributed by atoms with Gasteiger partial charge in [0.15, 0.2) is 0 Å². The highest BCUT2D eigenvalue weighted by molar-refractivity contribution is 5.90. The van der Waals surface area contributed by atoms with Crippen molar-refractivity contribution in [1.29, 1.82) is 0 Å². The van der Waals surface area contributed by atoms with Crippen LogP contribution in [0.5, 0.6) is 0 Å². The average Bonchev–Trinajstić information content (AvgIpc) is 3.01. The topological polar surface area (TPSA) is 70.7 Å². The van der Waals surface area contributed by atoms with Crippen molar-refractivity contribution in [2.45, 2.75) is 37.3 Å². The summed E-state index contributed by atoms with van der Waals surface area (Å²) in [5.74, 6) is -3.44. The summed E-state index contributed by atoms with van der Waals surface area (Å²) in [5, 5.41) is 5.98. The predicted octanol–water partition coefficient (Wildman–Crippen LogP) is 2.30. The number of benzene rings is 1. The fourth-order valence-corrected chi connectivity index (χ4v) is 3.44. The second-order valence-corrected chi connectivity index (χ2v) is 6.81. The van der Waals surface area contributed by atoms with Crippen molar-refractivity contribution in [1.82, 2.24) is 10.2 Å². The number of methoxy groups -OCH3 is 1. The van der Waals surface area contributed by atoms with Crippen LogP contribution < -0.4 is 10.6 Å². The van der Waals surface area contributed by atoms with Gasteiger partial charge in [0, 0.05) is 31.2 Å². The van der Waals surface area contributed by atoms with Gasteiger partial charge in [0.05, 0.1) is 25.3 Å². The summed E-state index contributed by atoms with van der Waals surface area (Å²) in [6.45, 7) is 0.617. The van der Waals surface area contributed by atoms with E-state index in [1.165, 1.54) is 7.11 Å². The first-order chi connectivity index (χ1) is 12.4. The number of ether oxygens (including phenoxy) is 1. The summed E-state index contributed by atoms with van der Waals surface area (Å²) in [5.41, 5.74) is 1.29. The van der Waals surface area contributed by atoms with E-state index < -0.39 is 30.9 Å². The maximum Gasteiger partial charge on any atom is 0.337 e. The zero-order valence-corrected chi connectivity index (χ0v) is 15.9. The molecule has 2 heterocycles. The third-order valence-corrected chi connectivity index (χ3v) is 4.87. The molecule has 2 aliphatic heterocycles. The molecule has 1 atom stereocenters. The third-order valence-electron chi connectivity index (χ3n) is 4.87. The van der Waals surface area contributed by atoms with Crippen LogP contribution >= 0.6 is 12.4 Å². The van der Waals surface area contributed by atoms with Gasteiger partial charge in [-0.3, -0.25) is 10.1 Å². The Bertz CT molecular complexity index is 682. The number of anilines is 1. The van der Waals surface area contributed by atoms with Crippen LogP contribution in [0.4, 0.5) is 14.5 Å². The Balaban J connectivity index is 0.00000261. The number of halogens is 3. The van der Waals surface area contributed by atoms with E-state index in [9.17, 15) is 18.4 Å². The maximum atomic E-state index is 13.3. The summed E-state index contributed by atoms with van der Waals surface area (Å²) < 4.78 is 31.2. The molecule has 3 rings (SSSR count). The fourth-order valence-electron chi connectivity index (χ4n) is 3.44. The number of hydrogen-bond acceptors (Lipinski definition) is 5. The normalized spacial score (nSPS) is 22.0. The molecule has 0 bridgehead atoms. The Labute approximate surface area is 163 Å². The molecule has 2 fully saturated rings. The highest BCUT2D eigenvalue weighted by atomic mass is 35.5. The van der Waals surface area contributed by atoms with Crippen LogP contribution in [0, 0.1) is 0 Å². The predicted molar refractivity (Wildman–Crippen MR) is 99.6 cm³/mol. The van der Waals surface area contributed by atoms with E-state index in [4.69, 9.17) is 4.74 Å². The minimum atomic E-state index is -2.80. The fraction of sp³-hybridized carbons (Fsp3) is 0.556. The Morgan fingerprint density at radius 3 is 2.59 bits per heavy atom. The van der Waals surface area contributed by atoms with Gasteiger partial charge in [0.1, 0.15) is 0 Å². The van der Waals surface area contributed by atoms with E-state index in [1.54, 1.807) is 23.1 Å². The molecule has 9 heteroatoms. The Morgan fingerprint density at radius 2 is 2.00 bits per heavy atom. The van der Waals surface area contributed by atoms with Gasteiger partial charge < -0.3 is 15.0 Å². The van der Waals surface area contributed by atoms with Gasteiger partial charge in [0.2, 0.25) is 5.91 Å². The molecule has 6 nitrogen and oxygen atoms in total. The van der Waals surface area contributed by atoms with Crippen LogP contribution in [-0.2, 0) is 9.53 Å². The Morgan fingerprint density at radius 1 is 1.30 bits per heavy atom. The number of piperidine rings is 1. The van der Waals surface area contributed by atoms with Crippen molar-refractivity contribution in [2.24, 2.45) is 0 Å². The minimum Gasteiger partial charge on any atom is -0.465 e. The number of hydrogen-bond donors (Lipinski definition) is 2. The highest BCUT2D eigenvalue weighted by Gasteiger charge is 2.43. The van der Waals surface area contributed by atoms with Crippen molar-refractivity contribution in [2.75, 3.05) is 32.1 Å². The lowest BCUT2D eigenvalue weighted by atomic mass is 10.0. The molecule has 1 unspecified atom stereocenters. The van der Waals surface area contributed by atoms with Crippen molar-refractivity contribution in [3.05, 3.63) is 29.8 Å². The number of nitrogens with zero attached hydrogens (tertiary/aromatic N) is 1. The molecule has 2 saturated heterocycles. The molecular formula is C18H24ClF2N3O3. The molecule has 0 aliphatic carbocycles. The number of carbonyl (C=O) groups is 2. The van der Waals surface area contributed by atoms with Crippen LogP contribution in [0.2, 0.25) is 0 Å². The first kappa shape index (κ1) is 21.4. The number of alkyl halides is 2. The van der Waals surface area contributed by atoms with Crippen LogP contribution in [0.15, 0.2) is 24.3 Å². The quantitative estimate of drug-likeness (QED) is 0.755. The zero-order chi connectivity index (χ0) is 18.7. The Kier molecular flexibility index (Phi) is 7.00. The Hall–Kier alpha value is -1.93. The molecular weight excluding hydrogens is 380 g/mol. The molecule has 0 radical (unpaired) electrons. The molecule has 0 aromatic heterocycles. The van der Waals surface area contributed by atoms with Crippen molar-refractivity contribution in [3.63, 3.8) is 0 Å². The number of likely N-dealkylation sites (tertiary alicyclic amines) is 1. The standard InChI is InChI=1S/C18H23F2N3O3.ClH/c1-26-17(25)12-3-2-4-14(9-12)22-13-5-7-23(8-6-13)16(24)15-10-18(19,20)11-21-15;/h2-4,9,13,15,21-22H,5-8,10-11H2,1H3;1H. The summed E-state index contributed by atoms with van der Waals surface area (Å²) in [4.78, 5) is 25.6. The summed E-state index contributed by atoms with van der Waals surface area (Å²) in [6.07, 6.45) is 1.01. The first-order valence-electron chi connectivity index (χ1n) is 8.73. The molecule has 150 valence electrons. The third kappa shape index (κ3) is 5.29. The molecule has 2 aliphatic rings. The average molecular weight is 404 g/mol. The monoisotopic (exact) mass is 403 g/mol. The SMILES string of the molecule is COC(=O)c1cccc(NC2CCN(C(=O)C3CC(F)(F)CN3)CC2)c1.Cl. The van der Waals surface area contributed by atoms with E-state index >= 15 is 0 Å². The van der Waals surface area contributed by atoms with Gasteiger partial charge >= 0.3 is 5.97 Å². The minimum absolute atomic E-state index is 0. The van der Waals surface area contributed by atoms with E-state index in [1.807, 2.05) is 6.07 Å². The molecule has 27 heavy (non-hydrogen) atoms. The molecule has 1 amide bonds. The number of carbonyl (C=O) groups excluding carboxylic acids is 2. The second kappa shape index (κ2) is 8.84. The highest BCUT2D eigenvalue weighted by Crippen LogP contribution is 2.27. The number of rotatable bonds is 4. The van der Waals surface area contributed by atoms with Crippen LogP contribution in [0.1, 0.15) is 29.6 Å². The summed E-state index contributed by atoms with van der Waals surface area (Å²) in [6, 6.07) is 6.43. The van der Waals surface area contributed by atoms with Gasteiger partial charge in [-0.15, -0.1) is 12.4 Å². The van der Waals surface area contributed by atoms with Crippen molar-refractivity contribution < 1.29 is 23.1 Å². The number of nitrogens with one attached hydrogen (secondary N) is 2. The van der Waals surface area contributed by atoms with E-state index in [0.29, 0.717) is 18.7 Å². The molecule has 1 aromatic rings. The van der Waals surface area contributed by atoms with Gasteiger partial charge in [-0.2, -0.15) is 0 Å². The maximum absolute atomic E-state index is 13.3. The van der Waals surface area contributed by atoms with Crippen LogP contribution in [-0.4, -0.2) is 61.5 Å². The summed E-state index contributed by atoms with van der Waals surface area (Å²) in [7, 11) is 1.34. The van der Waals surface area contributed by atoms with E-state index in [0.717, 1.165) is 18.5 Å². The lowest BCUT2D eigenvalue weighted by Gasteiger charge is -2.34.